The SMILES string of the molecule is Cc1cc([C@H]2CN(C(=O)OC(C)(C)C)CCO2)n2nc(C3CCC(C(C)(C)C)CC3)cc2n1. The zero-order chi connectivity index (χ0) is 24.0. The lowest BCUT2D eigenvalue weighted by molar-refractivity contribution is -0.0454. The van der Waals surface area contributed by atoms with Crippen LogP contribution in [0, 0.1) is 18.3 Å². The zero-order valence-electron chi connectivity index (χ0n) is 21.4. The Kier molecular flexibility index (Phi) is 6.47. The molecule has 0 unspecified atom stereocenters. The van der Waals surface area contributed by atoms with Gasteiger partial charge in [0.25, 0.3) is 0 Å². The van der Waals surface area contributed by atoms with E-state index >= 15 is 0 Å². The fourth-order valence-corrected chi connectivity index (χ4v) is 5.15. The summed E-state index contributed by atoms with van der Waals surface area (Å²) in [5.41, 5.74) is 3.71. The lowest BCUT2D eigenvalue weighted by Crippen LogP contribution is -2.45. The van der Waals surface area contributed by atoms with Crippen molar-refractivity contribution in [1.82, 2.24) is 19.5 Å². The molecule has 0 bridgehead atoms. The number of hydrogen-bond acceptors (Lipinski definition) is 5. The van der Waals surface area contributed by atoms with Crippen LogP contribution >= 0.6 is 0 Å². The van der Waals surface area contributed by atoms with E-state index in [-0.39, 0.29) is 12.2 Å². The number of fused-ring (bicyclic) bond motifs is 1. The molecule has 0 radical (unpaired) electrons. The van der Waals surface area contributed by atoms with Crippen LogP contribution in [0.3, 0.4) is 0 Å². The summed E-state index contributed by atoms with van der Waals surface area (Å²) in [6.07, 6.45) is 4.28. The van der Waals surface area contributed by atoms with Gasteiger partial charge in [-0.15, -0.1) is 0 Å². The molecule has 0 spiro atoms. The first-order chi connectivity index (χ1) is 15.4. The van der Waals surface area contributed by atoms with E-state index in [1.807, 2.05) is 38.3 Å². The number of carbonyl (C=O) groups is 1. The molecule has 1 aliphatic heterocycles. The third-order valence-electron chi connectivity index (χ3n) is 7.02. The van der Waals surface area contributed by atoms with Gasteiger partial charge in [0.1, 0.15) is 11.7 Å². The van der Waals surface area contributed by atoms with Gasteiger partial charge < -0.3 is 14.4 Å². The second-order valence-electron chi connectivity index (χ2n) is 11.9. The van der Waals surface area contributed by atoms with E-state index in [1.54, 1.807) is 4.90 Å². The number of ether oxygens (including phenoxy) is 2. The minimum Gasteiger partial charge on any atom is -0.444 e. The van der Waals surface area contributed by atoms with Gasteiger partial charge in [0.2, 0.25) is 0 Å². The number of rotatable bonds is 2. The molecule has 1 atom stereocenters. The minimum absolute atomic E-state index is 0.264. The Labute approximate surface area is 197 Å². The van der Waals surface area contributed by atoms with Gasteiger partial charge in [0.15, 0.2) is 5.65 Å². The van der Waals surface area contributed by atoms with Gasteiger partial charge in [0, 0.05) is 24.2 Å². The Morgan fingerprint density at radius 3 is 2.42 bits per heavy atom. The zero-order valence-corrected chi connectivity index (χ0v) is 21.4. The molecule has 2 aromatic rings. The summed E-state index contributed by atoms with van der Waals surface area (Å²) in [5.74, 6) is 1.25. The first-order valence-electron chi connectivity index (χ1n) is 12.4. The van der Waals surface area contributed by atoms with Crippen LogP contribution in [-0.2, 0) is 9.47 Å². The topological polar surface area (TPSA) is 69.0 Å². The molecule has 182 valence electrons. The highest BCUT2D eigenvalue weighted by Crippen LogP contribution is 2.43. The number of carbonyl (C=O) groups excluding carboxylic acids is 1. The monoisotopic (exact) mass is 456 g/mol. The summed E-state index contributed by atoms with van der Waals surface area (Å²) in [5, 5.41) is 5.01. The van der Waals surface area contributed by atoms with E-state index in [0.29, 0.717) is 31.0 Å². The molecular formula is C26H40N4O3. The van der Waals surface area contributed by atoms with Crippen LogP contribution < -0.4 is 0 Å². The van der Waals surface area contributed by atoms with Crippen molar-refractivity contribution in [2.24, 2.45) is 11.3 Å². The van der Waals surface area contributed by atoms with Crippen LogP contribution in [0.1, 0.15) is 96.3 Å². The van der Waals surface area contributed by atoms with Crippen molar-refractivity contribution in [2.45, 2.75) is 91.8 Å². The van der Waals surface area contributed by atoms with E-state index < -0.39 is 5.60 Å². The number of hydrogen-bond donors (Lipinski definition) is 0. The van der Waals surface area contributed by atoms with E-state index in [2.05, 4.69) is 26.8 Å². The minimum atomic E-state index is -0.520. The average molecular weight is 457 g/mol. The number of amides is 1. The van der Waals surface area contributed by atoms with Crippen LogP contribution in [0.2, 0.25) is 0 Å². The van der Waals surface area contributed by atoms with Gasteiger partial charge in [-0.2, -0.15) is 5.10 Å². The number of aromatic nitrogens is 3. The summed E-state index contributed by atoms with van der Waals surface area (Å²) in [4.78, 5) is 19.1. The van der Waals surface area contributed by atoms with E-state index in [9.17, 15) is 4.79 Å². The van der Waals surface area contributed by atoms with Crippen molar-refractivity contribution in [3.8, 4) is 0 Å². The van der Waals surface area contributed by atoms with Crippen molar-refractivity contribution in [2.75, 3.05) is 19.7 Å². The molecule has 7 heteroatoms. The molecule has 2 aromatic heterocycles. The molecule has 2 fully saturated rings. The van der Waals surface area contributed by atoms with Crippen molar-refractivity contribution in [3.63, 3.8) is 0 Å². The summed E-state index contributed by atoms with van der Waals surface area (Å²) >= 11 is 0. The van der Waals surface area contributed by atoms with Crippen molar-refractivity contribution < 1.29 is 14.3 Å². The Hall–Kier alpha value is -2.15. The summed E-state index contributed by atoms with van der Waals surface area (Å²) in [6.45, 7) is 16.2. The van der Waals surface area contributed by atoms with Crippen LogP contribution in [0.25, 0.3) is 5.65 Å². The second-order valence-corrected chi connectivity index (χ2v) is 11.9. The largest absolute Gasteiger partial charge is 0.444 e. The number of nitrogens with zero attached hydrogens (tertiary/aromatic N) is 4. The highest BCUT2D eigenvalue weighted by Gasteiger charge is 2.33. The normalized spacial score (nSPS) is 24.8. The Morgan fingerprint density at radius 1 is 1.09 bits per heavy atom. The molecular weight excluding hydrogens is 416 g/mol. The predicted molar refractivity (Wildman–Crippen MR) is 128 cm³/mol. The highest BCUT2D eigenvalue weighted by molar-refractivity contribution is 5.68. The predicted octanol–water partition coefficient (Wildman–Crippen LogP) is 5.67. The summed E-state index contributed by atoms with van der Waals surface area (Å²) in [7, 11) is 0. The second kappa shape index (κ2) is 8.90. The van der Waals surface area contributed by atoms with Crippen molar-refractivity contribution >= 4 is 11.7 Å². The number of morpholine rings is 1. The van der Waals surface area contributed by atoms with Crippen LogP contribution in [-0.4, -0.2) is 50.9 Å². The molecule has 0 N–H and O–H groups in total. The fourth-order valence-electron chi connectivity index (χ4n) is 5.15. The third kappa shape index (κ3) is 5.51. The van der Waals surface area contributed by atoms with Crippen molar-refractivity contribution in [1.29, 1.82) is 0 Å². The molecule has 4 rings (SSSR count). The van der Waals surface area contributed by atoms with E-state index in [4.69, 9.17) is 19.6 Å². The Bertz CT molecular complexity index is 993. The summed E-state index contributed by atoms with van der Waals surface area (Å²) < 4.78 is 13.6. The lowest BCUT2D eigenvalue weighted by Gasteiger charge is -2.36. The molecule has 1 saturated carbocycles. The maximum Gasteiger partial charge on any atom is 0.410 e. The maximum atomic E-state index is 12.6. The standard InChI is InChI=1S/C26H40N4O3/c1-17-14-21(22-16-29(12-13-32-22)24(31)33-26(5,6)7)30-23(27-17)15-20(28-30)18-8-10-19(11-9-18)25(2,3)4/h14-15,18-19,22H,8-13,16H2,1-7H3/t18?,19?,22-/m1/s1. The first-order valence-corrected chi connectivity index (χ1v) is 12.4. The quantitative estimate of drug-likeness (QED) is 0.583. The smallest absolute Gasteiger partial charge is 0.410 e. The maximum absolute atomic E-state index is 12.6. The summed E-state index contributed by atoms with van der Waals surface area (Å²) in [6, 6.07) is 4.18. The molecule has 1 saturated heterocycles. The van der Waals surface area contributed by atoms with E-state index in [1.165, 1.54) is 25.7 Å². The van der Waals surface area contributed by atoms with Crippen LogP contribution in [0.4, 0.5) is 4.79 Å². The first kappa shape index (κ1) is 24.0. The van der Waals surface area contributed by atoms with Gasteiger partial charge in [-0.1, -0.05) is 20.8 Å². The van der Waals surface area contributed by atoms with Crippen molar-refractivity contribution in [3.05, 3.63) is 29.2 Å². The van der Waals surface area contributed by atoms with Gasteiger partial charge >= 0.3 is 6.09 Å². The molecule has 3 heterocycles. The molecule has 33 heavy (non-hydrogen) atoms. The fraction of sp³-hybridized carbons (Fsp3) is 0.731. The Morgan fingerprint density at radius 2 is 1.79 bits per heavy atom. The molecule has 1 aliphatic carbocycles. The van der Waals surface area contributed by atoms with Gasteiger partial charge in [0.05, 0.1) is 24.5 Å². The highest BCUT2D eigenvalue weighted by atomic mass is 16.6. The van der Waals surface area contributed by atoms with Gasteiger partial charge in [-0.3, -0.25) is 0 Å². The molecule has 7 nitrogen and oxygen atoms in total. The molecule has 2 aliphatic rings. The Balaban J connectivity index is 1.55. The van der Waals surface area contributed by atoms with Gasteiger partial charge in [-0.25, -0.2) is 14.3 Å². The van der Waals surface area contributed by atoms with Crippen LogP contribution in [0.5, 0.6) is 0 Å². The van der Waals surface area contributed by atoms with Gasteiger partial charge in [-0.05, 0) is 70.8 Å². The average Bonchev–Trinajstić information content (AvgIpc) is 3.15. The van der Waals surface area contributed by atoms with E-state index in [0.717, 1.165) is 28.6 Å². The third-order valence-corrected chi connectivity index (χ3v) is 7.02. The molecule has 0 aromatic carbocycles. The molecule has 1 amide bonds. The lowest BCUT2D eigenvalue weighted by atomic mass is 9.69. The van der Waals surface area contributed by atoms with Crippen LogP contribution in [0.15, 0.2) is 12.1 Å². The number of aryl methyl sites for hydroxylation is 1.